The molecule has 2 rings (SSSR count). The summed E-state index contributed by atoms with van der Waals surface area (Å²) in [5.41, 5.74) is 0. The van der Waals surface area contributed by atoms with E-state index in [2.05, 4.69) is 10.6 Å². The zero-order valence-electron chi connectivity index (χ0n) is 12.1. The van der Waals surface area contributed by atoms with Crippen LogP contribution in [-0.4, -0.2) is 53.6 Å². The summed E-state index contributed by atoms with van der Waals surface area (Å²) in [5.74, 6) is -1.04. The van der Waals surface area contributed by atoms with E-state index in [4.69, 9.17) is 5.11 Å². The molecule has 0 bridgehead atoms. The van der Waals surface area contributed by atoms with Crippen LogP contribution in [0.15, 0.2) is 0 Å². The fourth-order valence-corrected chi connectivity index (χ4v) is 3.13. The zero-order valence-corrected chi connectivity index (χ0v) is 12.1. The molecule has 1 aliphatic carbocycles. The van der Waals surface area contributed by atoms with Gasteiger partial charge in [-0.1, -0.05) is 12.8 Å². The first-order valence-corrected chi connectivity index (χ1v) is 7.57. The normalized spacial score (nSPS) is 23.1. The van der Waals surface area contributed by atoms with Crippen molar-refractivity contribution in [1.82, 2.24) is 15.5 Å². The van der Waals surface area contributed by atoms with Crippen molar-refractivity contribution in [2.75, 3.05) is 19.6 Å². The van der Waals surface area contributed by atoms with Crippen molar-refractivity contribution in [3.63, 3.8) is 0 Å². The highest BCUT2D eigenvalue weighted by molar-refractivity contribution is 5.95. The number of aliphatic carboxylic acids is 1. The van der Waals surface area contributed by atoms with Gasteiger partial charge in [0, 0.05) is 19.0 Å². The number of likely N-dealkylation sites (tertiary alicyclic amines) is 1. The Morgan fingerprint density at radius 2 is 1.86 bits per heavy atom. The number of urea groups is 1. The number of amides is 3. The molecule has 0 aromatic rings. The lowest BCUT2D eigenvalue weighted by Crippen LogP contribution is -2.46. The third-order valence-electron chi connectivity index (χ3n) is 4.14. The van der Waals surface area contributed by atoms with Crippen molar-refractivity contribution in [3.8, 4) is 0 Å². The van der Waals surface area contributed by atoms with E-state index < -0.39 is 12.0 Å². The molecule has 1 atom stereocenters. The Hall–Kier alpha value is -1.63. The van der Waals surface area contributed by atoms with E-state index in [0.29, 0.717) is 13.1 Å². The average Bonchev–Trinajstić information content (AvgIpc) is 3.00. The molecule has 0 spiro atoms. The monoisotopic (exact) mass is 297 g/mol. The maximum atomic E-state index is 11.8. The number of carbonyl (C=O) groups is 3. The lowest BCUT2D eigenvalue weighted by atomic mass is 10.1. The zero-order chi connectivity index (χ0) is 15.2. The number of carboxylic acid groups (broad SMARTS) is 1. The van der Waals surface area contributed by atoms with Gasteiger partial charge in [-0.05, 0) is 31.7 Å². The van der Waals surface area contributed by atoms with Gasteiger partial charge in [0.15, 0.2) is 0 Å². The Balaban J connectivity index is 1.65. The topological polar surface area (TPSA) is 98.7 Å². The summed E-state index contributed by atoms with van der Waals surface area (Å²) in [6, 6.07) is -0.238. The second-order valence-corrected chi connectivity index (χ2v) is 5.99. The molecule has 1 saturated heterocycles. The highest BCUT2D eigenvalue weighted by Gasteiger charge is 2.26. The average molecular weight is 297 g/mol. The molecular weight excluding hydrogens is 274 g/mol. The van der Waals surface area contributed by atoms with Gasteiger partial charge in [-0.15, -0.1) is 0 Å². The van der Waals surface area contributed by atoms with Gasteiger partial charge in [0.05, 0.1) is 6.54 Å². The lowest BCUT2D eigenvalue weighted by molar-refractivity contribution is -0.138. The standard InChI is InChI=1S/C14H23N3O4/c18-12(16-14(21)15-11-3-1-2-4-11)9-17-6-5-10(8-17)7-13(19)20/h10-11H,1-9H2,(H,19,20)(H2,15,16,18,21). The van der Waals surface area contributed by atoms with Gasteiger partial charge < -0.3 is 10.4 Å². The summed E-state index contributed by atoms with van der Waals surface area (Å²) >= 11 is 0. The minimum absolute atomic E-state index is 0.0996. The number of nitrogens with one attached hydrogen (secondary N) is 2. The molecule has 21 heavy (non-hydrogen) atoms. The number of hydrogen-bond acceptors (Lipinski definition) is 4. The molecule has 3 N–H and O–H groups in total. The summed E-state index contributed by atoms with van der Waals surface area (Å²) in [4.78, 5) is 36.0. The van der Waals surface area contributed by atoms with Gasteiger partial charge in [-0.2, -0.15) is 0 Å². The van der Waals surface area contributed by atoms with Crippen LogP contribution in [0.5, 0.6) is 0 Å². The van der Waals surface area contributed by atoms with Crippen LogP contribution in [0.1, 0.15) is 38.5 Å². The molecule has 118 valence electrons. The molecule has 2 fully saturated rings. The van der Waals surface area contributed by atoms with Crippen molar-refractivity contribution in [2.45, 2.75) is 44.6 Å². The summed E-state index contributed by atoms with van der Waals surface area (Å²) in [7, 11) is 0. The second-order valence-electron chi connectivity index (χ2n) is 5.99. The van der Waals surface area contributed by atoms with E-state index in [1.54, 1.807) is 0 Å². The summed E-state index contributed by atoms with van der Waals surface area (Å²) < 4.78 is 0. The Bertz CT molecular complexity index is 407. The first-order chi connectivity index (χ1) is 10.0. The first-order valence-electron chi connectivity index (χ1n) is 7.57. The molecule has 0 aromatic heterocycles. The van der Waals surface area contributed by atoms with Crippen molar-refractivity contribution in [2.24, 2.45) is 5.92 Å². The van der Waals surface area contributed by atoms with E-state index in [-0.39, 0.29) is 30.8 Å². The molecule has 0 aromatic carbocycles. The van der Waals surface area contributed by atoms with Crippen LogP contribution in [0.2, 0.25) is 0 Å². The van der Waals surface area contributed by atoms with Gasteiger partial charge in [0.25, 0.3) is 0 Å². The Kier molecular flexibility index (Phi) is 5.55. The SMILES string of the molecule is O=C(O)CC1CCN(CC(=O)NC(=O)NC2CCCC2)C1. The smallest absolute Gasteiger partial charge is 0.321 e. The van der Waals surface area contributed by atoms with Gasteiger partial charge in [-0.25, -0.2) is 4.79 Å². The predicted octanol–water partition coefficient (Wildman–Crippen LogP) is 0.551. The summed E-state index contributed by atoms with van der Waals surface area (Å²) in [6.07, 6.45) is 5.12. The number of rotatable bonds is 5. The van der Waals surface area contributed by atoms with Crippen molar-refractivity contribution >= 4 is 17.9 Å². The minimum Gasteiger partial charge on any atom is -0.481 e. The van der Waals surface area contributed by atoms with Crippen LogP contribution in [-0.2, 0) is 9.59 Å². The van der Waals surface area contributed by atoms with Crippen molar-refractivity contribution < 1.29 is 19.5 Å². The van der Waals surface area contributed by atoms with E-state index in [1.807, 2.05) is 4.90 Å². The Morgan fingerprint density at radius 3 is 2.52 bits per heavy atom. The van der Waals surface area contributed by atoms with Crippen LogP contribution >= 0.6 is 0 Å². The van der Waals surface area contributed by atoms with E-state index in [9.17, 15) is 14.4 Å². The molecule has 0 radical (unpaired) electrons. The van der Waals surface area contributed by atoms with Crippen LogP contribution in [0.4, 0.5) is 4.79 Å². The first kappa shape index (κ1) is 15.8. The van der Waals surface area contributed by atoms with Crippen LogP contribution in [0, 0.1) is 5.92 Å². The highest BCUT2D eigenvalue weighted by Crippen LogP contribution is 2.19. The van der Waals surface area contributed by atoms with E-state index >= 15 is 0 Å². The van der Waals surface area contributed by atoms with Gasteiger partial charge in [0.2, 0.25) is 5.91 Å². The molecule has 3 amide bonds. The number of carboxylic acids is 1. The fourth-order valence-electron chi connectivity index (χ4n) is 3.13. The number of carbonyl (C=O) groups excluding carboxylic acids is 2. The van der Waals surface area contributed by atoms with Crippen molar-refractivity contribution in [3.05, 3.63) is 0 Å². The minimum atomic E-state index is -0.803. The van der Waals surface area contributed by atoms with Crippen LogP contribution < -0.4 is 10.6 Å². The van der Waals surface area contributed by atoms with Crippen LogP contribution in [0.25, 0.3) is 0 Å². The molecular formula is C14H23N3O4. The molecule has 1 heterocycles. The van der Waals surface area contributed by atoms with Crippen molar-refractivity contribution in [1.29, 1.82) is 0 Å². The lowest BCUT2D eigenvalue weighted by Gasteiger charge is -2.16. The molecule has 1 unspecified atom stereocenters. The third-order valence-corrected chi connectivity index (χ3v) is 4.14. The van der Waals surface area contributed by atoms with Gasteiger partial charge in [0.1, 0.15) is 0 Å². The van der Waals surface area contributed by atoms with E-state index in [1.165, 1.54) is 0 Å². The molecule has 7 nitrogen and oxygen atoms in total. The molecule has 1 aliphatic heterocycles. The fraction of sp³-hybridized carbons (Fsp3) is 0.786. The Morgan fingerprint density at radius 1 is 1.14 bits per heavy atom. The summed E-state index contributed by atoms with van der Waals surface area (Å²) in [6.45, 7) is 1.45. The molecule has 2 aliphatic rings. The van der Waals surface area contributed by atoms with Gasteiger partial charge in [-0.3, -0.25) is 19.8 Å². The second kappa shape index (κ2) is 7.40. The predicted molar refractivity (Wildman–Crippen MR) is 75.7 cm³/mol. The van der Waals surface area contributed by atoms with Gasteiger partial charge >= 0.3 is 12.0 Å². The maximum absolute atomic E-state index is 11.8. The highest BCUT2D eigenvalue weighted by atomic mass is 16.4. The number of hydrogen-bond donors (Lipinski definition) is 3. The summed E-state index contributed by atoms with van der Waals surface area (Å²) in [5, 5.41) is 13.9. The molecule has 1 saturated carbocycles. The Labute approximate surface area is 124 Å². The largest absolute Gasteiger partial charge is 0.481 e. The number of imide groups is 1. The van der Waals surface area contributed by atoms with E-state index in [0.717, 1.165) is 32.1 Å². The maximum Gasteiger partial charge on any atom is 0.321 e. The molecule has 7 heteroatoms. The number of nitrogens with zero attached hydrogens (tertiary/aromatic N) is 1. The quantitative estimate of drug-likeness (QED) is 0.688. The third kappa shape index (κ3) is 5.34. The van der Waals surface area contributed by atoms with Crippen LogP contribution in [0.3, 0.4) is 0 Å².